The molecule has 0 saturated carbocycles. The smallest absolute Gasteiger partial charge is 0.305 e. The van der Waals surface area contributed by atoms with E-state index in [0.29, 0.717) is 0 Å². The van der Waals surface area contributed by atoms with Gasteiger partial charge < -0.3 is 21.5 Å². The van der Waals surface area contributed by atoms with Crippen LogP contribution in [0.15, 0.2) is 0 Å². The molecular formula is C10H19N3O4. The lowest BCUT2D eigenvalue weighted by Crippen LogP contribution is -2.47. The van der Waals surface area contributed by atoms with Crippen LogP contribution in [0.4, 0.5) is 0 Å². The third-order valence-electron chi connectivity index (χ3n) is 2.11. The second kappa shape index (κ2) is 7.61. The van der Waals surface area contributed by atoms with Crippen molar-refractivity contribution in [3.63, 3.8) is 0 Å². The summed E-state index contributed by atoms with van der Waals surface area (Å²) in [5.74, 6) is -1.83. The maximum absolute atomic E-state index is 11.4. The Kier molecular flexibility index (Phi) is 6.88. The van der Waals surface area contributed by atoms with E-state index in [2.05, 4.69) is 10.6 Å². The number of nitrogens with one attached hydrogen (secondary N) is 2. The summed E-state index contributed by atoms with van der Waals surface area (Å²) in [5.41, 5.74) is 5.56. The molecule has 7 heteroatoms. The Hall–Kier alpha value is -1.63. The Morgan fingerprint density at radius 3 is 2.29 bits per heavy atom. The molecule has 0 fully saturated rings. The van der Waals surface area contributed by atoms with Gasteiger partial charge in [-0.05, 0) is 5.92 Å². The molecule has 1 atom stereocenters. The molecule has 0 heterocycles. The minimum absolute atomic E-state index is 0.00919. The van der Waals surface area contributed by atoms with Gasteiger partial charge in [-0.25, -0.2) is 0 Å². The Morgan fingerprint density at radius 1 is 1.24 bits per heavy atom. The molecule has 0 aromatic rings. The molecule has 0 spiro atoms. The molecule has 7 nitrogen and oxygen atoms in total. The molecule has 17 heavy (non-hydrogen) atoms. The number of rotatable bonds is 7. The van der Waals surface area contributed by atoms with Crippen molar-refractivity contribution in [3.05, 3.63) is 0 Å². The number of nitrogens with two attached hydrogens (primary N) is 1. The van der Waals surface area contributed by atoms with Crippen molar-refractivity contribution < 1.29 is 19.5 Å². The highest BCUT2D eigenvalue weighted by Gasteiger charge is 2.17. The number of hydrogen-bond acceptors (Lipinski definition) is 4. The summed E-state index contributed by atoms with van der Waals surface area (Å²) in [5, 5.41) is 13.1. The number of carboxylic acid groups (broad SMARTS) is 1. The van der Waals surface area contributed by atoms with Crippen LogP contribution in [0.5, 0.6) is 0 Å². The van der Waals surface area contributed by atoms with E-state index in [1.807, 2.05) is 0 Å². The molecule has 2 amide bonds. The normalized spacial score (nSPS) is 12.0. The highest BCUT2D eigenvalue weighted by molar-refractivity contribution is 5.87. The zero-order valence-corrected chi connectivity index (χ0v) is 10.0. The molecule has 5 N–H and O–H groups in total. The van der Waals surface area contributed by atoms with Gasteiger partial charge in [-0.3, -0.25) is 14.4 Å². The number of carbonyl (C=O) groups is 3. The third-order valence-corrected chi connectivity index (χ3v) is 2.11. The molecule has 0 aromatic carbocycles. The minimum atomic E-state index is -0.990. The third kappa shape index (κ3) is 7.29. The van der Waals surface area contributed by atoms with Crippen molar-refractivity contribution >= 4 is 17.8 Å². The maximum Gasteiger partial charge on any atom is 0.305 e. The van der Waals surface area contributed by atoms with Crippen LogP contribution in [0, 0.1) is 5.92 Å². The average Bonchev–Trinajstić information content (AvgIpc) is 2.24. The number of amides is 2. The van der Waals surface area contributed by atoms with Crippen LogP contribution in [-0.2, 0) is 14.4 Å². The topological polar surface area (TPSA) is 122 Å². The van der Waals surface area contributed by atoms with Crippen LogP contribution in [-0.4, -0.2) is 42.0 Å². The second-order valence-corrected chi connectivity index (χ2v) is 3.98. The van der Waals surface area contributed by atoms with Gasteiger partial charge in [0.1, 0.15) is 0 Å². The van der Waals surface area contributed by atoms with Crippen LogP contribution < -0.4 is 16.4 Å². The number of aliphatic carboxylic acids is 1. The van der Waals surface area contributed by atoms with E-state index in [-0.39, 0.29) is 25.4 Å². The maximum atomic E-state index is 11.4. The lowest BCUT2D eigenvalue weighted by atomic mass is 10.1. The van der Waals surface area contributed by atoms with Gasteiger partial charge in [-0.2, -0.15) is 0 Å². The van der Waals surface area contributed by atoms with Gasteiger partial charge in [0.2, 0.25) is 11.8 Å². The summed E-state index contributed by atoms with van der Waals surface area (Å²) in [7, 11) is 0. The fourth-order valence-corrected chi connectivity index (χ4v) is 0.959. The molecular weight excluding hydrogens is 226 g/mol. The van der Waals surface area contributed by atoms with Crippen molar-refractivity contribution in [1.82, 2.24) is 10.6 Å². The van der Waals surface area contributed by atoms with Crippen molar-refractivity contribution in [2.75, 3.05) is 13.1 Å². The fourth-order valence-electron chi connectivity index (χ4n) is 0.959. The SMILES string of the molecule is CC(C)[C@H](N)C(=O)NCC(=O)NCCC(=O)O. The zero-order valence-electron chi connectivity index (χ0n) is 10.0. The number of carbonyl (C=O) groups excluding carboxylic acids is 2. The first kappa shape index (κ1) is 15.4. The van der Waals surface area contributed by atoms with Gasteiger partial charge in [0, 0.05) is 6.54 Å². The van der Waals surface area contributed by atoms with Gasteiger partial charge in [0.15, 0.2) is 0 Å². The summed E-state index contributed by atoms with van der Waals surface area (Å²) < 4.78 is 0. The van der Waals surface area contributed by atoms with Gasteiger partial charge >= 0.3 is 5.97 Å². The van der Waals surface area contributed by atoms with Crippen LogP contribution in [0.1, 0.15) is 20.3 Å². The van der Waals surface area contributed by atoms with Gasteiger partial charge in [0.05, 0.1) is 19.0 Å². The van der Waals surface area contributed by atoms with Gasteiger partial charge in [-0.15, -0.1) is 0 Å². The minimum Gasteiger partial charge on any atom is -0.481 e. The fraction of sp³-hybridized carbons (Fsp3) is 0.700. The average molecular weight is 245 g/mol. The summed E-state index contributed by atoms with van der Waals surface area (Å²) in [6, 6.07) is -0.651. The van der Waals surface area contributed by atoms with E-state index in [1.165, 1.54) is 0 Å². The largest absolute Gasteiger partial charge is 0.481 e. The molecule has 0 aliphatic rings. The molecule has 0 aliphatic carbocycles. The van der Waals surface area contributed by atoms with E-state index in [4.69, 9.17) is 10.8 Å². The molecule has 0 aromatic heterocycles. The van der Waals surface area contributed by atoms with Crippen LogP contribution in [0.3, 0.4) is 0 Å². The molecule has 0 rings (SSSR count). The quantitative estimate of drug-likeness (QED) is 0.443. The first-order valence-corrected chi connectivity index (χ1v) is 5.36. The summed E-state index contributed by atoms with van der Waals surface area (Å²) in [6.07, 6.45) is -0.148. The Morgan fingerprint density at radius 2 is 1.82 bits per heavy atom. The molecule has 98 valence electrons. The molecule has 0 saturated heterocycles. The summed E-state index contributed by atoms with van der Waals surface area (Å²) in [4.78, 5) is 32.7. The van der Waals surface area contributed by atoms with Crippen LogP contribution >= 0.6 is 0 Å². The van der Waals surface area contributed by atoms with Gasteiger partial charge in [-0.1, -0.05) is 13.8 Å². The lowest BCUT2D eigenvalue weighted by molar-refractivity contribution is -0.137. The Balaban J connectivity index is 3.77. The Labute approximate surface area is 99.7 Å². The molecule has 0 unspecified atom stereocenters. The predicted octanol–water partition coefficient (Wildman–Crippen LogP) is -1.32. The van der Waals surface area contributed by atoms with E-state index < -0.39 is 23.8 Å². The highest BCUT2D eigenvalue weighted by Crippen LogP contribution is 1.97. The Bertz CT molecular complexity index is 291. The van der Waals surface area contributed by atoms with Crippen molar-refractivity contribution in [2.24, 2.45) is 11.7 Å². The molecule has 0 aliphatic heterocycles. The lowest BCUT2D eigenvalue weighted by Gasteiger charge is -2.14. The molecule has 0 radical (unpaired) electrons. The number of carboxylic acids is 1. The van der Waals surface area contributed by atoms with Crippen molar-refractivity contribution in [2.45, 2.75) is 26.3 Å². The van der Waals surface area contributed by atoms with Crippen molar-refractivity contribution in [3.8, 4) is 0 Å². The zero-order chi connectivity index (χ0) is 13.4. The monoisotopic (exact) mass is 245 g/mol. The van der Waals surface area contributed by atoms with E-state index in [0.717, 1.165) is 0 Å². The summed E-state index contributed by atoms with van der Waals surface area (Å²) >= 11 is 0. The highest BCUT2D eigenvalue weighted by atomic mass is 16.4. The first-order valence-electron chi connectivity index (χ1n) is 5.36. The molecule has 0 bridgehead atoms. The van der Waals surface area contributed by atoms with Crippen LogP contribution in [0.2, 0.25) is 0 Å². The standard InChI is InChI=1S/C10H19N3O4/c1-6(2)9(11)10(17)13-5-7(14)12-4-3-8(15)16/h6,9H,3-5,11H2,1-2H3,(H,12,14)(H,13,17)(H,15,16)/t9-/m0/s1. The first-order chi connectivity index (χ1) is 7.84. The van der Waals surface area contributed by atoms with Gasteiger partial charge in [0.25, 0.3) is 0 Å². The predicted molar refractivity (Wildman–Crippen MR) is 61.1 cm³/mol. The van der Waals surface area contributed by atoms with E-state index >= 15 is 0 Å². The number of hydrogen-bond donors (Lipinski definition) is 4. The van der Waals surface area contributed by atoms with Crippen molar-refractivity contribution in [1.29, 1.82) is 0 Å². The summed E-state index contributed by atoms with van der Waals surface area (Å²) in [6.45, 7) is 3.45. The van der Waals surface area contributed by atoms with E-state index in [9.17, 15) is 14.4 Å². The van der Waals surface area contributed by atoms with E-state index in [1.54, 1.807) is 13.8 Å². The second-order valence-electron chi connectivity index (χ2n) is 3.98. The van der Waals surface area contributed by atoms with Crippen LogP contribution in [0.25, 0.3) is 0 Å².